The Morgan fingerprint density at radius 3 is 2.64 bits per heavy atom. The summed E-state index contributed by atoms with van der Waals surface area (Å²) in [5.74, 6) is 0.385. The summed E-state index contributed by atoms with van der Waals surface area (Å²) < 4.78 is 9.12. The monoisotopic (exact) mass is 494 g/mol. The lowest BCUT2D eigenvalue weighted by molar-refractivity contribution is -0.0324. The second-order valence-electron chi connectivity index (χ2n) is 10.1. The molecule has 2 aliphatic rings. The van der Waals surface area contributed by atoms with Crippen LogP contribution in [0.3, 0.4) is 0 Å². The van der Waals surface area contributed by atoms with Gasteiger partial charge < -0.3 is 30.4 Å². The summed E-state index contributed by atoms with van der Waals surface area (Å²) in [6.45, 7) is 2.12. The predicted molar refractivity (Wildman–Crippen MR) is 138 cm³/mol. The largest absolute Gasteiger partial charge is 0.391 e. The van der Waals surface area contributed by atoms with Gasteiger partial charge in [0.25, 0.3) is 11.5 Å². The fourth-order valence-corrected chi connectivity index (χ4v) is 5.15. The topological polar surface area (TPSA) is 122 Å². The Kier molecular flexibility index (Phi) is 6.48. The third kappa shape index (κ3) is 4.46. The second-order valence-corrected chi connectivity index (χ2v) is 10.1. The minimum atomic E-state index is -0.506. The number of fused-ring (bicyclic) bond motifs is 1. The standard InChI is InChI=1S/C26H34N6O4/c1-26(36-3)10-8-17(9-11-26)31-12-4-5-20(25(31)35)29-16-13-21-18(15-28-32(21)23(14-16)27-2)24(34)30-19-6-7-22(19)33/h4-5,12-15,17,19,22,27,29,33H,6-11H2,1-3H3,(H,30,34)/t17?,19-,22+,26?/m1/s1. The van der Waals surface area contributed by atoms with Crippen LogP contribution >= 0.6 is 0 Å². The van der Waals surface area contributed by atoms with Gasteiger partial charge in [0.1, 0.15) is 11.5 Å². The maximum atomic E-state index is 13.4. The van der Waals surface area contributed by atoms with Crippen LogP contribution in [0.15, 0.2) is 41.5 Å². The fourth-order valence-electron chi connectivity index (χ4n) is 5.15. The van der Waals surface area contributed by atoms with E-state index >= 15 is 0 Å². The molecular formula is C26H34N6O4. The molecule has 10 heteroatoms. The lowest BCUT2D eigenvalue weighted by Crippen LogP contribution is -2.50. The van der Waals surface area contributed by atoms with Gasteiger partial charge in [0.15, 0.2) is 0 Å². The van der Waals surface area contributed by atoms with Crippen LogP contribution in [0.4, 0.5) is 17.2 Å². The van der Waals surface area contributed by atoms with E-state index in [1.807, 2.05) is 22.9 Å². The van der Waals surface area contributed by atoms with Crippen LogP contribution in [-0.4, -0.2) is 57.1 Å². The van der Waals surface area contributed by atoms with Gasteiger partial charge in [0.05, 0.1) is 35.0 Å². The summed E-state index contributed by atoms with van der Waals surface area (Å²) in [5, 5.41) is 23.5. The lowest BCUT2D eigenvalue weighted by atomic mass is 9.83. The van der Waals surface area contributed by atoms with Crippen molar-refractivity contribution in [3.63, 3.8) is 0 Å². The molecule has 10 nitrogen and oxygen atoms in total. The molecule has 0 aliphatic heterocycles. The van der Waals surface area contributed by atoms with Crippen LogP contribution in [0.1, 0.15) is 61.8 Å². The number of nitrogens with zero attached hydrogens (tertiary/aromatic N) is 3. The van der Waals surface area contributed by atoms with E-state index in [1.165, 1.54) is 6.20 Å². The lowest BCUT2D eigenvalue weighted by Gasteiger charge is -2.36. The molecule has 192 valence electrons. The summed E-state index contributed by atoms with van der Waals surface area (Å²) >= 11 is 0. The normalized spacial score (nSPS) is 25.8. The quantitative estimate of drug-likeness (QED) is 0.398. The Bertz CT molecular complexity index is 1320. The Hall–Kier alpha value is -3.37. The zero-order chi connectivity index (χ0) is 25.4. The van der Waals surface area contributed by atoms with E-state index in [1.54, 1.807) is 30.8 Å². The summed E-state index contributed by atoms with van der Waals surface area (Å²) in [6, 6.07) is 7.20. The zero-order valence-electron chi connectivity index (χ0n) is 21.0. The van der Waals surface area contributed by atoms with Gasteiger partial charge in [-0.25, -0.2) is 4.52 Å². The van der Waals surface area contributed by atoms with Crippen molar-refractivity contribution < 1.29 is 14.6 Å². The van der Waals surface area contributed by atoms with Gasteiger partial charge in [-0.3, -0.25) is 9.59 Å². The van der Waals surface area contributed by atoms with E-state index < -0.39 is 6.10 Å². The maximum absolute atomic E-state index is 13.4. The highest BCUT2D eigenvalue weighted by Crippen LogP contribution is 2.36. The molecule has 2 atom stereocenters. The van der Waals surface area contributed by atoms with Crippen molar-refractivity contribution >= 4 is 28.6 Å². The first-order valence-electron chi connectivity index (χ1n) is 12.5. The highest BCUT2D eigenvalue weighted by Gasteiger charge is 2.32. The first kappa shape index (κ1) is 24.3. The molecule has 2 aliphatic carbocycles. The molecule has 2 saturated carbocycles. The van der Waals surface area contributed by atoms with E-state index in [9.17, 15) is 14.7 Å². The number of methoxy groups -OCH3 is 1. The number of rotatable bonds is 7. The number of aromatic nitrogens is 3. The van der Waals surface area contributed by atoms with Crippen LogP contribution in [-0.2, 0) is 4.74 Å². The van der Waals surface area contributed by atoms with Crippen LogP contribution in [0, 0.1) is 0 Å². The van der Waals surface area contributed by atoms with Gasteiger partial charge in [-0.2, -0.15) is 5.10 Å². The van der Waals surface area contributed by atoms with Gasteiger partial charge in [-0.15, -0.1) is 0 Å². The highest BCUT2D eigenvalue weighted by atomic mass is 16.5. The molecule has 3 aromatic rings. The van der Waals surface area contributed by atoms with Gasteiger partial charge in [-0.05, 0) is 63.6 Å². The molecule has 0 saturated heterocycles. The van der Waals surface area contributed by atoms with Crippen molar-refractivity contribution in [1.29, 1.82) is 0 Å². The highest BCUT2D eigenvalue weighted by molar-refractivity contribution is 6.01. The molecule has 0 spiro atoms. The molecule has 0 radical (unpaired) electrons. The van der Waals surface area contributed by atoms with E-state index in [0.29, 0.717) is 34.7 Å². The Labute approximate surface area is 209 Å². The molecule has 3 heterocycles. The van der Waals surface area contributed by atoms with Crippen LogP contribution in [0.2, 0.25) is 0 Å². The van der Waals surface area contributed by atoms with Gasteiger partial charge in [0, 0.05) is 38.1 Å². The van der Waals surface area contributed by atoms with Crippen molar-refractivity contribution in [2.45, 2.75) is 69.2 Å². The Morgan fingerprint density at radius 1 is 1.22 bits per heavy atom. The summed E-state index contributed by atoms with van der Waals surface area (Å²) in [5.41, 5.74) is 1.92. The van der Waals surface area contributed by atoms with Crippen LogP contribution in [0.25, 0.3) is 5.52 Å². The molecule has 36 heavy (non-hydrogen) atoms. The smallest absolute Gasteiger partial charge is 0.274 e. The second kappa shape index (κ2) is 9.59. The van der Waals surface area contributed by atoms with Crippen molar-refractivity contribution in [2.24, 2.45) is 0 Å². The number of amides is 1. The van der Waals surface area contributed by atoms with Gasteiger partial charge in [-0.1, -0.05) is 0 Å². The van der Waals surface area contributed by atoms with E-state index in [4.69, 9.17) is 4.74 Å². The number of carbonyl (C=O) groups is 1. The molecule has 2 fully saturated rings. The summed E-state index contributed by atoms with van der Waals surface area (Å²) in [6.07, 6.45) is 7.90. The number of carbonyl (C=O) groups excluding carboxylic acids is 1. The third-order valence-corrected chi connectivity index (χ3v) is 7.83. The molecule has 4 N–H and O–H groups in total. The summed E-state index contributed by atoms with van der Waals surface area (Å²) in [4.78, 5) is 26.3. The average molecular weight is 495 g/mol. The number of aliphatic hydroxyl groups is 1. The van der Waals surface area contributed by atoms with Crippen molar-refractivity contribution in [1.82, 2.24) is 19.5 Å². The van der Waals surface area contributed by atoms with Gasteiger partial charge in [0.2, 0.25) is 0 Å². The van der Waals surface area contributed by atoms with Crippen LogP contribution in [0.5, 0.6) is 0 Å². The molecule has 3 aromatic heterocycles. The molecule has 0 unspecified atom stereocenters. The molecule has 1 amide bonds. The van der Waals surface area contributed by atoms with E-state index in [2.05, 4.69) is 28.0 Å². The zero-order valence-corrected chi connectivity index (χ0v) is 21.0. The number of pyridine rings is 2. The van der Waals surface area contributed by atoms with Gasteiger partial charge >= 0.3 is 0 Å². The number of aliphatic hydroxyl groups excluding tert-OH is 1. The number of anilines is 3. The minimum Gasteiger partial charge on any atom is -0.391 e. The Morgan fingerprint density at radius 2 is 2.00 bits per heavy atom. The fraction of sp³-hybridized carbons (Fsp3) is 0.500. The number of hydrogen-bond donors (Lipinski definition) is 4. The maximum Gasteiger partial charge on any atom is 0.274 e. The molecular weight excluding hydrogens is 460 g/mol. The average Bonchev–Trinajstić information content (AvgIpc) is 3.32. The number of hydrogen-bond acceptors (Lipinski definition) is 7. The minimum absolute atomic E-state index is 0.0835. The van der Waals surface area contributed by atoms with Crippen LogP contribution < -0.4 is 21.5 Å². The molecule has 5 rings (SSSR count). The third-order valence-electron chi connectivity index (χ3n) is 7.83. The first-order chi connectivity index (χ1) is 17.3. The number of nitrogens with one attached hydrogen (secondary N) is 3. The Balaban J connectivity index is 1.42. The van der Waals surface area contributed by atoms with Crippen molar-refractivity contribution in [3.05, 3.63) is 52.6 Å². The summed E-state index contributed by atoms with van der Waals surface area (Å²) in [7, 11) is 3.52. The molecule has 0 bridgehead atoms. The number of ether oxygens (including phenoxy) is 1. The molecule has 0 aromatic carbocycles. The van der Waals surface area contributed by atoms with Crippen molar-refractivity contribution in [3.8, 4) is 0 Å². The van der Waals surface area contributed by atoms with Crippen molar-refractivity contribution in [2.75, 3.05) is 24.8 Å². The first-order valence-corrected chi connectivity index (χ1v) is 12.5. The SMILES string of the molecule is CNc1cc(Nc2cccn(C3CCC(C)(OC)CC3)c2=O)cc2c(C(=O)N[C@@H]3CC[C@@H]3O)cnn12. The van der Waals surface area contributed by atoms with E-state index in [0.717, 1.165) is 32.1 Å². The predicted octanol–water partition coefficient (Wildman–Crippen LogP) is 3.05. The van der Waals surface area contributed by atoms with E-state index in [-0.39, 0.29) is 29.2 Å².